The van der Waals surface area contributed by atoms with Crippen LogP contribution in [0.1, 0.15) is 19.5 Å². The molecule has 2 N–H and O–H groups in total. The summed E-state index contributed by atoms with van der Waals surface area (Å²) in [5.41, 5.74) is 8.07. The van der Waals surface area contributed by atoms with E-state index in [-0.39, 0.29) is 0 Å². The zero-order valence-electron chi connectivity index (χ0n) is 10.0. The number of nitrogens with two attached hydrogens (primary N) is 1. The van der Waals surface area contributed by atoms with E-state index < -0.39 is 0 Å². The minimum absolute atomic E-state index is 0.560. The molecular formula is C13H16BrN3. The molecule has 0 aliphatic heterocycles. The zero-order chi connectivity index (χ0) is 12.4. The number of anilines is 1. The van der Waals surface area contributed by atoms with Crippen molar-refractivity contribution in [3.63, 3.8) is 0 Å². The van der Waals surface area contributed by atoms with Crippen molar-refractivity contribution in [2.24, 2.45) is 5.92 Å². The first-order valence-corrected chi connectivity index (χ1v) is 6.47. The number of nitrogens with zero attached hydrogens (tertiary/aromatic N) is 2. The lowest BCUT2D eigenvalue weighted by atomic mass is 10.1. The highest BCUT2D eigenvalue weighted by Gasteiger charge is 2.14. The monoisotopic (exact) mass is 293 g/mol. The lowest BCUT2D eigenvalue weighted by Gasteiger charge is -2.02. The van der Waals surface area contributed by atoms with Crippen molar-refractivity contribution in [2.45, 2.75) is 20.3 Å². The van der Waals surface area contributed by atoms with Gasteiger partial charge in [0.25, 0.3) is 0 Å². The Morgan fingerprint density at radius 3 is 2.53 bits per heavy atom. The van der Waals surface area contributed by atoms with Gasteiger partial charge in [-0.25, -0.2) is 4.68 Å². The van der Waals surface area contributed by atoms with Crippen molar-refractivity contribution in [1.29, 1.82) is 0 Å². The van der Waals surface area contributed by atoms with Crippen LogP contribution < -0.4 is 5.73 Å². The van der Waals surface area contributed by atoms with E-state index in [4.69, 9.17) is 5.73 Å². The van der Waals surface area contributed by atoms with Crippen molar-refractivity contribution in [3.05, 3.63) is 40.5 Å². The van der Waals surface area contributed by atoms with E-state index in [1.54, 1.807) is 4.68 Å². The van der Waals surface area contributed by atoms with Crippen molar-refractivity contribution in [1.82, 2.24) is 9.78 Å². The molecule has 0 spiro atoms. The number of hydrogen-bond acceptors (Lipinski definition) is 2. The van der Waals surface area contributed by atoms with Crippen molar-refractivity contribution in [3.8, 4) is 5.69 Å². The van der Waals surface area contributed by atoms with E-state index >= 15 is 0 Å². The Morgan fingerprint density at radius 1 is 1.29 bits per heavy atom. The van der Waals surface area contributed by atoms with Gasteiger partial charge in [0, 0.05) is 0 Å². The van der Waals surface area contributed by atoms with Crippen LogP contribution in [-0.4, -0.2) is 9.78 Å². The van der Waals surface area contributed by atoms with Gasteiger partial charge in [-0.3, -0.25) is 0 Å². The molecule has 90 valence electrons. The fourth-order valence-corrected chi connectivity index (χ4v) is 2.15. The molecule has 0 radical (unpaired) electrons. The Morgan fingerprint density at radius 2 is 1.94 bits per heavy atom. The zero-order valence-corrected chi connectivity index (χ0v) is 11.6. The smallest absolute Gasteiger partial charge is 0.141 e. The summed E-state index contributed by atoms with van der Waals surface area (Å²) in [7, 11) is 0. The maximum absolute atomic E-state index is 6.06. The molecule has 0 aliphatic carbocycles. The van der Waals surface area contributed by atoms with Gasteiger partial charge in [-0.2, -0.15) is 5.10 Å². The summed E-state index contributed by atoms with van der Waals surface area (Å²) in [5, 5.41) is 4.56. The van der Waals surface area contributed by atoms with E-state index in [2.05, 4.69) is 34.9 Å². The first-order valence-electron chi connectivity index (χ1n) is 5.68. The van der Waals surface area contributed by atoms with Gasteiger partial charge in [-0.15, -0.1) is 0 Å². The topological polar surface area (TPSA) is 43.8 Å². The van der Waals surface area contributed by atoms with Crippen LogP contribution in [0.15, 0.2) is 34.8 Å². The predicted octanol–water partition coefficient (Wildman–Crippen LogP) is 3.42. The maximum Gasteiger partial charge on any atom is 0.141 e. The summed E-state index contributed by atoms with van der Waals surface area (Å²) in [6.07, 6.45) is 0.921. The Balaban J connectivity index is 2.43. The molecule has 0 saturated heterocycles. The minimum atomic E-state index is 0.560. The summed E-state index contributed by atoms with van der Waals surface area (Å²) in [4.78, 5) is 0. The van der Waals surface area contributed by atoms with Gasteiger partial charge < -0.3 is 5.73 Å². The third kappa shape index (κ3) is 2.52. The molecule has 4 heteroatoms. The summed E-state index contributed by atoms with van der Waals surface area (Å²) >= 11 is 3.52. The Kier molecular flexibility index (Phi) is 3.52. The Bertz CT molecular complexity index is 503. The highest BCUT2D eigenvalue weighted by molar-refractivity contribution is 9.10. The molecule has 17 heavy (non-hydrogen) atoms. The number of rotatable bonds is 3. The molecule has 0 amide bonds. The Labute approximate surface area is 110 Å². The number of para-hydroxylation sites is 1. The van der Waals surface area contributed by atoms with E-state index in [1.165, 1.54) is 0 Å². The molecule has 0 atom stereocenters. The van der Waals surface area contributed by atoms with Gasteiger partial charge in [0.05, 0.1) is 15.9 Å². The summed E-state index contributed by atoms with van der Waals surface area (Å²) in [6, 6.07) is 9.93. The molecule has 0 unspecified atom stereocenters. The molecule has 2 aromatic rings. The second-order valence-electron chi connectivity index (χ2n) is 4.49. The molecule has 0 saturated carbocycles. The first-order chi connectivity index (χ1) is 8.09. The largest absolute Gasteiger partial charge is 0.383 e. The van der Waals surface area contributed by atoms with E-state index in [1.807, 2.05) is 30.3 Å². The summed E-state index contributed by atoms with van der Waals surface area (Å²) in [6.45, 7) is 4.34. The molecule has 0 bridgehead atoms. The number of benzene rings is 1. The Hall–Kier alpha value is -1.29. The number of nitrogen functional groups attached to an aromatic ring is 1. The fourth-order valence-electron chi connectivity index (χ4n) is 1.74. The number of halogens is 1. The van der Waals surface area contributed by atoms with Crippen molar-refractivity contribution in [2.75, 3.05) is 5.73 Å². The normalized spacial score (nSPS) is 11.1. The second-order valence-corrected chi connectivity index (χ2v) is 5.28. The van der Waals surface area contributed by atoms with E-state index in [0.717, 1.165) is 22.3 Å². The molecule has 1 aromatic heterocycles. The average Bonchev–Trinajstić information content (AvgIpc) is 2.58. The highest BCUT2D eigenvalue weighted by Crippen LogP contribution is 2.28. The number of aromatic nitrogens is 2. The molecule has 2 rings (SSSR count). The fraction of sp³-hybridized carbons (Fsp3) is 0.308. The van der Waals surface area contributed by atoms with Crippen LogP contribution in [0.5, 0.6) is 0 Å². The van der Waals surface area contributed by atoms with Crippen LogP contribution in [0, 0.1) is 5.92 Å². The predicted molar refractivity (Wildman–Crippen MR) is 74.2 cm³/mol. The van der Waals surface area contributed by atoms with Crippen molar-refractivity contribution < 1.29 is 0 Å². The SMILES string of the molecule is CC(C)Cc1nn(-c2ccccc2)c(N)c1Br. The molecule has 0 fully saturated rings. The van der Waals surface area contributed by atoms with Gasteiger partial charge in [-0.05, 0) is 40.4 Å². The lowest BCUT2D eigenvalue weighted by Crippen LogP contribution is -2.02. The molecule has 1 aromatic carbocycles. The molecule has 0 aliphatic rings. The standard InChI is InChI=1S/C13H16BrN3/c1-9(2)8-11-12(14)13(15)17(16-11)10-6-4-3-5-7-10/h3-7,9H,8,15H2,1-2H3. The van der Waals surface area contributed by atoms with Crippen LogP contribution in [0.25, 0.3) is 5.69 Å². The van der Waals surface area contributed by atoms with Gasteiger partial charge in [0.15, 0.2) is 0 Å². The number of hydrogen-bond donors (Lipinski definition) is 1. The van der Waals surface area contributed by atoms with Gasteiger partial charge in [0.1, 0.15) is 5.82 Å². The maximum atomic E-state index is 6.06. The van der Waals surface area contributed by atoms with Crippen LogP contribution in [0.4, 0.5) is 5.82 Å². The molecule has 3 nitrogen and oxygen atoms in total. The van der Waals surface area contributed by atoms with Gasteiger partial charge >= 0.3 is 0 Å². The van der Waals surface area contributed by atoms with Crippen molar-refractivity contribution >= 4 is 21.7 Å². The van der Waals surface area contributed by atoms with Crippen LogP contribution in [0.3, 0.4) is 0 Å². The van der Waals surface area contributed by atoms with Crippen LogP contribution in [0.2, 0.25) is 0 Å². The van der Waals surface area contributed by atoms with Crippen LogP contribution >= 0.6 is 15.9 Å². The third-order valence-corrected chi connectivity index (χ3v) is 3.39. The minimum Gasteiger partial charge on any atom is -0.383 e. The molecule has 1 heterocycles. The third-order valence-electron chi connectivity index (χ3n) is 2.53. The average molecular weight is 294 g/mol. The van der Waals surface area contributed by atoms with E-state index in [9.17, 15) is 0 Å². The second kappa shape index (κ2) is 4.92. The van der Waals surface area contributed by atoms with E-state index in [0.29, 0.717) is 11.7 Å². The van der Waals surface area contributed by atoms with Gasteiger partial charge in [0.2, 0.25) is 0 Å². The quantitative estimate of drug-likeness (QED) is 0.942. The highest BCUT2D eigenvalue weighted by atomic mass is 79.9. The first kappa shape index (κ1) is 12.2. The molecular weight excluding hydrogens is 278 g/mol. The van der Waals surface area contributed by atoms with Gasteiger partial charge in [-0.1, -0.05) is 32.0 Å². The van der Waals surface area contributed by atoms with Crippen LogP contribution in [-0.2, 0) is 6.42 Å². The summed E-state index contributed by atoms with van der Waals surface area (Å²) in [5.74, 6) is 1.22. The lowest BCUT2D eigenvalue weighted by molar-refractivity contribution is 0.627. The summed E-state index contributed by atoms with van der Waals surface area (Å²) < 4.78 is 2.69.